The van der Waals surface area contributed by atoms with Crippen molar-refractivity contribution in [2.75, 3.05) is 6.54 Å². The number of aromatic nitrogens is 1. The lowest BCUT2D eigenvalue weighted by Gasteiger charge is -2.15. The number of nitrogens with zero attached hydrogens (tertiary/aromatic N) is 3. The average Bonchev–Trinajstić information content (AvgIpc) is 3.03. The molecule has 0 bridgehead atoms. The van der Waals surface area contributed by atoms with Crippen LogP contribution in [0.5, 0.6) is 0 Å². The Balaban J connectivity index is 1.78. The summed E-state index contributed by atoms with van der Waals surface area (Å²) in [5, 5.41) is 11.1. The van der Waals surface area contributed by atoms with Crippen LogP contribution in [0.1, 0.15) is 21.5 Å². The molecule has 2 amide bonds. The van der Waals surface area contributed by atoms with Crippen molar-refractivity contribution in [1.29, 1.82) is 5.26 Å². The summed E-state index contributed by atoms with van der Waals surface area (Å²) in [6.45, 7) is 4.14. The van der Waals surface area contributed by atoms with E-state index >= 15 is 0 Å². The minimum atomic E-state index is -0.610. The zero-order chi connectivity index (χ0) is 19.8. The molecular weight excluding hydrogens is 352 g/mol. The molecule has 0 fully saturated rings. The third-order valence-corrected chi connectivity index (χ3v) is 4.93. The highest BCUT2D eigenvalue weighted by molar-refractivity contribution is 6.05. The van der Waals surface area contributed by atoms with Crippen LogP contribution >= 0.6 is 0 Å². The number of benzene rings is 2. The van der Waals surface area contributed by atoms with Crippen molar-refractivity contribution in [1.82, 2.24) is 9.88 Å². The Bertz CT molecular complexity index is 1210. The standard InChI is InChI=1S/C22H16N4O2/c1-13(21(24)27)11-26-12-20-18(22(26)28)5-4-15-2-3-16(7-19(15)20)17-6-14(8-23)9-25-10-17/h2-7,9-10H,1,11-12H2,(H2,24,27). The Kier molecular flexibility index (Phi) is 4.13. The zero-order valence-electron chi connectivity index (χ0n) is 15.0. The summed E-state index contributed by atoms with van der Waals surface area (Å²) in [4.78, 5) is 29.7. The molecule has 0 unspecified atom stereocenters. The van der Waals surface area contributed by atoms with Gasteiger partial charge in [-0.1, -0.05) is 24.8 Å². The topological polar surface area (TPSA) is 100 Å². The van der Waals surface area contributed by atoms with Crippen LogP contribution in [0.3, 0.4) is 0 Å². The number of primary amides is 1. The number of hydrogen-bond acceptors (Lipinski definition) is 4. The van der Waals surface area contributed by atoms with Gasteiger partial charge in [0.25, 0.3) is 5.91 Å². The SMILES string of the molecule is C=C(CN1Cc2c(ccc3ccc(-c4cncc(C#N)c4)cc23)C1=O)C(N)=O. The van der Waals surface area contributed by atoms with Gasteiger partial charge in [0, 0.05) is 35.6 Å². The normalized spacial score (nSPS) is 12.7. The van der Waals surface area contributed by atoms with Gasteiger partial charge in [-0.2, -0.15) is 5.26 Å². The van der Waals surface area contributed by atoms with E-state index in [0.29, 0.717) is 17.7 Å². The summed E-state index contributed by atoms with van der Waals surface area (Å²) in [5.41, 5.74) is 9.22. The van der Waals surface area contributed by atoms with Gasteiger partial charge in [0.15, 0.2) is 0 Å². The molecule has 0 spiro atoms. The van der Waals surface area contributed by atoms with Crippen LogP contribution in [0.4, 0.5) is 0 Å². The summed E-state index contributed by atoms with van der Waals surface area (Å²) in [7, 11) is 0. The van der Waals surface area contributed by atoms with Crippen LogP contribution in [0, 0.1) is 11.3 Å². The Hall–Kier alpha value is -3.98. The van der Waals surface area contributed by atoms with E-state index in [-0.39, 0.29) is 18.0 Å². The van der Waals surface area contributed by atoms with E-state index in [0.717, 1.165) is 27.5 Å². The monoisotopic (exact) mass is 368 g/mol. The molecule has 6 heteroatoms. The first-order valence-corrected chi connectivity index (χ1v) is 8.66. The van der Waals surface area contributed by atoms with E-state index in [2.05, 4.69) is 17.6 Å². The molecular formula is C22H16N4O2. The minimum absolute atomic E-state index is 0.109. The number of fused-ring (bicyclic) bond motifs is 3. The van der Waals surface area contributed by atoms with Crippen LogP contribution in [-0.4, -0.2) is 28.2 Å². The highest BCUT2D eigenvalue weighted by Crippen LogP contribution is 2.33. The fraction of sp³-hybridized carbons (Fsp3) is 0.0909. The minimum Gasteiger partial charge on any atom is -0.366 e. The average molecular weight is 368 g/mol. The van der Waals surface area contributed by atoms with Crippen molar-refractivity contribution >= 4 is 22.6 Å². The van der Waals surface area contributed by atoms with Crippen molar-refractivity contribution in [2.45, 2.75) is 6.54 Å². The molecule has 1 aliphatic rings. The number of carbonyl (C=O) groups is 2. The summed E-state index contributed by atoms with van der Waals surface area (Å²) >= 11 is 0. The molecule has 0 saturated carbocycles. The summed E-state index contributed by atoms with van der Waals surface area (Å²) in [6.07, 6.45) is 3.23. The molecule has 0 atom stereocenters. The lowest BCUT2D eigenvalue weighted by molar-refractivity contribution is -0.114. The van der Waals surface area contributed by atoms with Crippen LogP contribution in [0.2, 0.25) is 0 Å². The van der Waals surface area contributed by atoms with Gasteiger partial charge in [-0.25, -0.2) is 0 Å². The maximum absolute atomic E-state index is 12.7. The van der Waals surface area contributed by atoms with Gasteiger partial charge in [-0.3, -0.25) is 14.6 Å². The summed E-state index contributed by atoms with van der Waals surface area (Å²) < 4.78 is 0. The van der Waals surface area contributed by atoms with Crippen LogP contribution in [0.15, 0.2) is 60.9 Å². The fourth-order valence-corrected chi connectivity index (χ4v) is 3.46. The number of pyridine rings is 1. The lowest BCUT2D eigenvalue weighted by Crippen LogP contribution is -2.30. The molecule has 28 heavy (non-hydrogen) atoms. The van der Waals surface area contributed by atoms with Crippen molar-refractivity contribution in [3.63, 3.8) is 0 Å². The van der Waals surface area contributed by atoms with E-state index in [1.165, 1.54) is 6.20 Å². The molecule has 6 nitrogen and oxygen atoms in total. The number of nitrogens with two attached hydrogens (primary N) is 1. The molecule has 0 radical (unpaired) electrons. The molecule has 2 N–H and O–H groups in total. The van der Waals surface area contributed by atoms with E-state index in [9.17, 15) is 9.59 Å². The first kappa shape index (κ1) is 17.4. The van der Waals surface area contributed by atoms with Gasteiger partial charge in [-0.05, 0) is 40.1 Å². The van der Waals surface area contributed by atoms with Crippen molar-refractivity contribution in [2.24, 2.45) is 5.73 Å². The maximum atomic E-state index is 12.7. The fourth-order valence-electron chi connectivity index (χ4n) is 3.46. The maximum Gasteiger partial charge on any atom is 0.254 e. The van der Waals surface area contributed by atoms with Gasteiger partial charge in [0.05, 0.1) is 12.1 Å². The zero-order valence-corrected chi connectivity index (χ0v) is 15.0. The second kappa shape index (κ2) is 6.63. The van der Waals surface area contributed by atoms with E-state index < -0.39 is 5.91 Å². The molecule has 136 valence electrons. The van der Waals surface area contributed by atoms with Crippen molar-refractivity contribution < 1.29 is 9.59 Å². The molecule has 0 saturated heterocycles. The van der Waals surface area contributed by atoms with E-state index in [1.54, 1.807) is 17.2 Å². The Labute approximate surface area is 161 Å². The predicted octanol–water partition coefficient (Wildman–Crippen LogP) is 2.77. The Morgan fingerprint density at radius 2 is 2.00 bits per heavy atom. The third kappa shape index (κ3) is 2.89. The molecule has 4 rings (SSSR count). The second-order valence-corrected chi connectivity index (χ2v) is 6.73. The van der Waals surface area contributed by atoms with Crippen LogP contribution in [-0.2, 0) is 11.3 Å². The number of amides is 2. The molecule has 0 aliphatic carbocycles. The highest BCUT2D eigenvalue weighted by Gasteiger charge is 2.29. The number of carbonyl (C=O) groups excluding carboxylic acids is 2. The van der Waals surface area contributed by atoms with Gasteiger partial charge >= 0.3 is 0 Å². The number of rotatable bonds is 4. The van der Waals surface area contributed by atoms with E-state index in [4.69, 9.17) is 11.0 Å². The van der Waals surface area contributed by atoms with Crippen LogP contribution in [0.25, 0.3) is 21.9 Å². The van der Waals surface area contributed by atoms with Crippen molar-refractivity contribution in [3.8, 4) is 17.2 Å². The molecule has 1 aromatic heterocycles. The first-order chi connectivity index (χ1) is 13.5. The number of nitriles is 1. The Morgan fingerprint density at radius 1 is 1.21 bits per heavy atom. The first-order valence-electron chi connectivity index (χ1n) is 8.66. The number of hydrogen-bond donors (Lipinski definition) is 1. The lowest BCUT2D eigenvalue weighted by atomic mass is 9.96. The summed E-state index contributed by atoms with van der Waals surface area (Å²) in [6, 6.07) is 13.6. The van der Waals surface area contributed by atoms with Gasteiger partial charge < -0.3 is 10.6 Å². The largest absolute Gasteiger partial charge is 0.366 e. The quantitative estimate of drug-likeness (QED) is 0.716. The van der Waals surface area contributed by atoms with Gasteiger partial charge in [-0.15, -0.1) is 0 Å². The predicted molar refractivity (Wildman–Crippen MR) is 105 cm³/mol. The van der Waals surface area contributed by atoms with Gasteiger partial charge in [0.1, 0.15) is 6.07 Å². The molecule has 2 aromatic carbocycles. The highest BCUT2D eigenvalue weighted by atomic mass is 16.2. The van der Waals surface area contributed by atoms with E-state index in [1.807, 2.05) is 30.3 Å². The van der Waals surface area contributed by atoms with Crippen molar-refractivity contribution in [3.05, 3.63) is 77.6 Å². The smallest absolute Gasteiger partial charge is 0.254 e. The molecule has 1 aliphatic heterocycles. The van der Waals surface area contributed by atoms with Gasteiger partial charge in [0.2, 0.25) is 5.91 Å². The molecule has 3 aromatic rings. The second-order valence-electron chi connectivity index (χ2n) is 6.73. The molecule has 2 heterocycles. The Morgan fingerprint density at radius 3 is 2.75 bits per heavy atom. The van der Waals surface area contributed by atoms with Crippen LogP contribution < -0.4 is 5.73 Å². The summed E-state index contributed by atoms with van der Waals surface area (Å²) in [5.74, 6) is -0.751. The third-order valence-electron chi connectivity index (χ3n) is 4.93.